The molecule has 0 radical (unpaired) electrons. The molecule has 0 bridgehead atoms. The molecular formula is C22H23N3O4. The van der Waals surface area contributed by atoms with Gasteiger partial charge in [0.15, 0.2) is 11.5 Å². The number of benzene rings is 2. The van der Waals surface area contributed by atoms with Crippen molar-refractivity contribution in [1.82, 2.24) is 10.3 Å². The zero-order chi connectivity index (χ0) is 20.6. The topological polar surface area (TPSA) is 81.7 Å². The highest BCUT2D eigenvalue weighted by atomic mass is 16.5. The molecule has 1 aromatic heterocycles. The Morgan fingerprint density at radius 3 is 2.21 bits per heavy atom. The van der Waals surface area contributed by atoms with Crippen molar-refractivity contribution < 1.29 is 19.0 Å². The summed E-state index contributed by atoms with van der Waals surface area (Å²) in [6, 6.07) is 16.5. The van der Waals surface area contributed by atoms with Gasteiger partial charge in [0.05, 0.1) is 33.2 Å². The number of rotatable bonds is 8. The van der Waals surface area contributed by atoms with Gasteiger partial charge >= 0.3 is 0 Å². The minimum absolute atomic E-state index is 0.254. The smallest absolute Gasteiger partial charge is 0.270 e. The number of ether oxygens (including phenoxy) is 3. The van der Waals surface area contributed by atoms with Crippen LogP contribution < -0.4 is 24.8 Å². The SMILES string of the molecule is COc1ccc(Nc2ccc(C(=O)NCc3ccc(OC)c(OC)c3)nc2)cc1. The molecule has 3 rings (SSSR count). The van der Waals surface area contributed by atoms with Crippen LogP contribution in [-0.2, 0) is 6.54 Å². The number of pyridine rings is 1. The lowest BCUT2D eigenvalue weighted by atomic mass is 10.2. The quantitative estimate of drug-likeness (QED) is 0.606. The monoisotopic (exact) mass is 393 g/mol. The molecule has 150 valence electrons. The van der Waals surface area contributed by atoms with E-state index in [1.807, 2.05) is 42.5 Å². The first-order valence-electron chi connectivity index (χ1n) is 8.99. The van der Waals surface area contributed by atoms with E-state index >= 15 is 0 Å². The van der Waals surface area contributed by atoms with Crippen LogP contribution in [0.3, 0.4) is 0 Å². The lowest BCUT2D eigenvalue weighted by Gasteiger charge is -2.11. The number of anilines is 2. The zero-order valence-electron chi connectivity index (χ0n) is 16.6. The van der Waals surface area contributed by atoms with E-state index in [-0.39, 0.29) is 5.91 Å². The van der Waals surface area contributed by atoms with Gasteiger partial charge in [-0.3, -0.25) is 4.79 Å². The van der Waals surface area contributed by atoms with Crippen molar-refractivity contribution in [2.24, 2.45) is 0 Å². The normalized spacial score (nSPS) is 10.2. The van der Waals surface area contributed by atoms with Gasteiger partial charge in [-0.25, -0.2) is 4.98 Å². The minimum atomic E-state index is -0.254. The highest BCUT2D eigenvalue weighted by Gasteiger charge is 2.09. The molecule has 2 N–H and O–H groups in total. The van der Waals surface area contributed by atoms with Gasteiger partial charge in [0.25, 0.3) is 5.91 Å². The Morgan fingerprint density at radius 1 is 0.862 bits per heavy atom. The summed E-state index contributed by atoms with van der Waals surface area (Å²) in [7, 11) is 4.78. The van der Waals surface area contributed by atoms with Gasteiger partial charge in [-0.15, -0.1) is 0 Å². The van der Waals surface area contributed by atoms with E-state index in [9.17, 15) is 4.79 Å². The maximum absolute atomic E-state index is 12.4. The molecular weight excluding hydrogens is 370 g/mol. The molecule has 7 heteroatoms. The van der Waals surface area contributed by atoms with E-state index < -0.39 is 0 Å². The maximum Gasteiger partial charge on any atom is 0.270 e. The van der Waals surface area contributed by atoms with E-state index in [4.69, 9.17) is 14.2 Å². The van der Waals surface area contributed by atoms with Crippen LogP contribution in [0.5, 0.6) is 17.2 Å². The Balaban J connectivity index is 1.58. The number of amides is 1. The van der Waals surface area contributed by atoms with Crippen LogP contribution in [0, 0.1) is 0 Å². The molecule has 1 amide bonds. The third-order valence-electron chi connectivity index (χ3n) is 4.28. The summed E-state index contributed by atoms with van der Waals surface area (Å²) in [5, 5.41) is 6.08. The average Bonchev–Trinajstić information content (AvgIpc) is 2.78. The van der Waals surface area contributed by atoms with Crippen LogP contribution in [0.2, 0.25) is 0 Å². The van der Waals surface area contributed by atoms with Gasteiger partial charge in [0, 0.05) is 12.2 Å². The Labute approximate surface area is 169 Å². The lowest BCUT2D eigenvalue weighted by Crippen LogP contribution is -2.23. The second kappa shape index (κ2) is 9.45. The summed E-state index contributed by atoms with van der Waals surface area (Å²) < 4.78 is 15.6. The third-order valence-corrected chi connectivity index (χ3v) is 4.28. The molecule has 1 heterocycles. The van der Waals surface area contributed by atoms with Gasteiger partial charge < -0.3 is 24.8 Å². The van der Waals surface area contributed by atoms with Crippen LogP contribution >= 0.6 is 0 Å². The number of carbonyl (C=O) groups excluding carboxylic acids is 1. The number of nitrogens with zero attached hydrogens (tertiary/aromatic N) is 1. The van der Waals surface area contributed by atoms with Crippen molar-refractivity contribution in [1.29, 1.82) is 0 Å². The third kappa shape index (κ3) is 5.16. The molecule has 0 spiro atoms. The summed E-state index contributed by atoms with van der Waals surface area (Å²) in [5.41, 5.74) is 2.92. The second-order valence-electron chi connectivity index (χ2n) is 6.16. The van der Waals surface area contributed by atoms with E-state index in [1.54, 1.807) is 39.7 Å². The van der Waals surface area contributed by atoms with Crippen LogP contribution in [0.4, 0.5) is 11.4 Å². The molecule has 0 unspecified atom stereocenters. The Kier molecular flexibility index (Phi) is 6.52. The number of carbonyl (C=O) groups is 1. The predicted octanol–water partition coefficient (Wildman–Crippen LogP) is 3.78. The summed E-state index contributed by atoms with van der Waals surface area (Å²) in [6.07, 6.45) is 1.62. The first kappa shape index (κ1) is 20.0. The lowest BCUT2D eigenvalue weighted by molar-refractivity contribution is 0.0946. The van der Waals surface area contributed by atoms with Gasteiger partial charge in [-0.2, -0.15) is 0 Å². The van der Waals surface area contributed by atoms with Crippen LogP contribution in [-0.4, -0.2) is 32.2 Å². The van der Waals surface area contributed by atoms with Crippen molar-refractivity contribution >= 4 is 17.3 Å². The Morgan fingerprint density at radius 2 is 1.59 bits per heavy atom. The number of hydrogen-bond acceptors (Lipinski definition) is 6. The Bertz CT molecular complexity index is 957. The molecule has 7 nitrogen and oxygen atoms in total. The maximum atomic E-state index is 12.4. The summed E-state index contributed by atoms with van der Waals surface area (Å²) >= 11 is 0. The first-order chi connectivity index (χ1) is 14.1. The molecule has 0 fully saturated rings. The van der Waals surface area contributed by atoms with E-state index in [0.717, 1.165) is 22.7 Å². The molecule has 0 saturated heterocycles. The predicted molar refractivity (Wildman–Crippen MR) is 111 cm³/mol. The van der Waals surface area contributed by atoms with Crippen LogP contribution in [0.25, 0.3) is 0 Å². The van der Waals surface area contributed by atoms with Crippen molar-refractivity contribution in [3.8, 4) is 17.2 Å². The zero-order valence-corrected chi connectivity index (χ0v) is 16.6. The van der Waals surface area contributed by atoms with Gasteiger partial charge in [0.1, 0.15) is 11.4 Å². The molecule has 29 heavy (non-hydrogen) atoms. The minimum Gasteiger partial charge on any atom is -0.497 e. The summed E-state index contributed by atoms with van der Waals surface area (Å²) in [5.74, 6) is 1.79. The van der Waals surface area contributed by atoms with Gasteiger partial charge in [-0.05, 0) is 54.1 Å². The fourth-order valence-corrected chi connectivity index (χ4v) is 2.71. The number of methoxy groups -OCH3 is 3. The summed E-state index contributed by atoms with van der Waals surface area (Å²) in [4.78, 5) is 16.6. The highest BCUT2D eigenvalue weighted by molar-refractivity contribution is 5.92. The highest BCUT2D eigenvalue weighted by Crippen LogP contribution is 2.27. The van der Waals surface area contributed by atoms with Gasteiger partial charge in [0.2, 0.25) is 0 Å². The fourth-order valence-electron chi connectivity index (χ4n) is 2.71. The van der Waals surface area contributed by atoms with Crippen molar-refractivity contribution in [3.05, 3.63) is 72.1 Å². The number of aromatic nitrogens is 1. The van der Waals surface area contributed by atoms with E-state index in [0.29, 0.717) is 23.7 Å². The molecule has 2 aromatic carbocycles. The standard InChI is InChI=1S/C22H23N3O4/c1-27-18-8-5-16(6-9-18)25-17-7-10-19(23-14-17)22(26)24-13-15-4-11-20(28-2)21(12-15)29-3/h4-12,14,25H,13H2,1-3H3,(H,24,26). The summed E-state index contributed by atoms with van der Waals surface area (Å²) in [6.45, 7) is 0.354. The number of hydrogen-bond donors (Lipinski definition) is 2. The van der Waals surface area contributed by atoms with Crippen molar-refractivity contribution in [3.63, 3.8) is 0 Å². The van der Waals surface area contributed by atoms with Gasteiger partial charge in [-0.1, -0.05) is 6.07 Å². The van der Waals surface area contributed by atoms with Crippen LogP contribution in [0.1, 0.15) is 16.1 Å². The second-order valence-corrected chi connectivity index (χ2v) is 6.16. The Hall–Kier alpha value is -3.74. The molecule has 3 aromatic rings. The van der Waals surface area contributed by atoms with Crippen molar-refractivity contribution in [2.75, 3.05) is 26.6 Å². The van der Waals surface area contributed by atoms with Crippen LogP contribution in [0.15, 0.2) is 60.8 Å². The molecule has 0 aliphatic rings. The van der Waals surface area contributed by atoms with Crippen molar-refractivity contribution in [2.45, 2.75) is 6.54 Å². The van der Waals surface area contributed by atoms with E-state index in [2.05, 4.69) is 15.6 Å². The van der Waals surface area contributed by atoms with E-state index in [1.165, 1.54) is 0 Å². The number of nitrogens with one attached hydrogen (secondary N) is 2. The molecule has 0 aliphatic heterocycles. The molecule has 0 saturated carbocycles. The molecule has 0 aliphatic carbocycles. The molecule has 0 atom stereocenters. The average molecular weight is 393 g/mol. The fraction of sp³-hybridized carbons (Fsp3) is 0.182. The first-order valence-corrected chi connectivity index (χ1v) is 8.99. The largest absolute Gasteiger partial charge is 0.497 e.